The number of amides is 2. The number of hydrogen-bond donors (Lipinski definition) is 1. The van der Waals surface area contributed by atoms with E-state index in [9.17, 15) is 9.59 Å². The molecule has 26 heavy (non-hydrogen) atoms. The Morgan fingerprint density at radius 1 is 1.23 bits per heavy atom. The van der Waals surface area contributed by atoms with Crippen LogP contribution in [0.15, 0.2) is 35.7 Å². The van der Waals surface area contributed by atoms with Gasteiger partial charge in [-0.15, -0.1) is 11.3 Å². The van der Waals surface area contributed by atoms with E-state index in [1.165, 1.54) is 10.1 Å². The van der Waals surface area contributed by atoms with Crippen molar-refractivity contribution >= 4 is 33.2 Å². The van der Waals surface area contributed by atoms with Crippen LogP contribution in [-0.4, -0.2) is 33.0 Å². The van der Waals surface area contributed by atoms with Crippen LogP contribution < -0.4 is 5.32 Å². The van der Waals surface area contributed by atoms with Crippen LogP contribution in [0.1, 0.15) is 35.1 Å². The van der Waals surface area contributed by atoms with Crippen LogP contribution in [0.25, 0.3) is 10.1 Å². The predicted molar refractivity (Wildman–Crippen MR) is 101 cm³/mol. The average Bonchev–Trinajstić information content (AvgIpc) is 3.20. The Bertz CT molecular complexity index is 975. The standard InChI is InChI=1S/C19H20N4O2S/c1-13(24)22-6-2-7-23-16(12-22)10-17(21-23)19(25)20-11-14-3-4-18-15(9-14)5-8-26-18/h3-5,8-10H,2,6-7,11-12H2,1H3,(H,20,25). The van der Waals surface area contributed by atoms with E-state index in [1.807, 2.05) is 10.7 Å². The summed E-state index contributed by atoms with van der Waals surface area (Å²) in [5.74, 6) is -0.139. The van der Waals surface area contributed by atoms with Crippen LogP contribution in [0.4, 0.5) is 0 Å². The van der Waals surface area contributed by atoms with Crippen molar-refractivity contribution in [2.24, 2.45) is 0 Å². The van der Waals surface area contributed by atoms with E-state index in [4.69, 9.17) is 0 Å². The SMILES string of the molecule is CC(=O)N1CCCn2nc(C(=O)NCc3ccc4sccc4c3)cc2C1. The van der Waals surface area contributed by atoms with Gasteiger partial charge in [0.2, 0.25) is 5.91 Å². The minimum Gasteiger partial charge on any atom is -0.347 e. The van der Waals surface area contributed by atoms with Gasteiger partial charge >= 0.3 is 0 Å². The zero-order valence-corrected chi connectivity index (χ0v) is 15.4. The van der Waals surface area contributed by atoms with Gasteiger partial charge in [-0.1, -0.05) is 6.07 Å². The zero-order valence-electron chi connectivity index (χ0n) is 14.6. The van der Waals surface area contributed by atoms with Crippen molar-refractivity contribution < 1.29 is 9.59 Å². The van der Waals surface area contributed by atoms with E-state index in [0.29, 0.717) is 18.8 Å². The monoisotopic (exact) mass is 368 g/mol. The maximum Gasteiger partial charge on any atom is 0.272 e. The van der Waals surface area contributed by atoms with E-state index in [0.717, 1.165) is 30.8 Å². The number of fused-ring (bicyclic) bond motifs is 2. The third-order valence-corrected chi connectivity index (χ3v) is 5.56. The molecule has 2 aromatic heterocycles. The highest BCUT2D eigenvalue weighted by Gasteiger charge is 2.20. The molecule has 7 heteroatoms. The van der Waals surface area contributed by atoms with Crippen LogP contribution in [-0.2, 0) is 24.4 Å². The Morgan fingerprint density at radius 3 is 2.96 bits per heavy atom. The lowest BCUT2D eigenvalue weighted by Crippen LogP contribution is -2.28. The molecule has 0 bridgehead atoms. The van der Waals surface area contributed by atoms with E-state index >= 15 is 0 Å². The summed E-state index contributed by atoms with van der Waals surface area (Å²) in [5, 5.41) is 10.6. The first-order valence-electron chi connectivity index (χ1n) is 8.67. The fourth-order valence-corrected chi connectivity index (χ4v) is 4.01. The van der Waals surface area contributed by atoms with E-state index < -0.39 is 0 Å². The summed E-state index contributed by atoms with van der Waals surface area (Å²) in [6.45, 7) is 3.99. The summed E-state index contributed by atoms with van der Waals surface area (Å²) in [6.07, 6.45) is 0.843. The fraction of sp³-hybridized carbons (Fsp3) is 0.316. The molecule has 0 fully saturated rings. The number of carbonyl (C=O) groups is 2. The minimum absolute atomic E-state index is 0.0504. The number of carbonyl (C=O) groups excluding carboxylic acids is 2. The minimum atomic E-state index is -0.189. The summed E-state index contributed by atoms with van der Waals surface area (Å²) in [4.78, 5) is 25.9. The van der Waals surface area contributed by atoms with Gasteiger partial charge in [-0.25, -0.2) is 0 Å². The molecule has 6 nitrogen and oxygen atoms in total. The molecule has 3 heterocycles. The Morgan fingerprint density at radius 2 is 2.12 bits per heavy atom. The second-order valence-corrected chi connectivity index (χ2v) is 7.46. The largest absolute Gasteiger partial charge is 0.347 e. The molecule has 1 aliphatic rings. The third-order valence-electron chi connectivity index (χ3n) is 4.66. The topological polar surface area (TPSA) is 67.2 Å². The van der Waals surface area contributed by atoms with Crippen LogP contribution in [0, 0.1) is 0 Å². The first-order valence-corrected chi connectivity index (χ1v) is 9.55. The Hall–Kier alpha value is -2.67. The number of thiophene rings is 1. The molecule has 4 rings (SSSR count). The molecule has 2 amide bonds. The third kappa shape index (κ3) is 3.35. The lowest BCUT2D eigenvalue weighted by molar-refractivity contribution is -0.129. The van der Waals surface area contributed by atoms with Gasteiger partial charge in [0.25, 0.3) is 5.91 Å². The van der Waals surface area contributed by atoms with Gasteiger partial charge in [-0.2, -0.15) is 5.10 Å². The number of nitrogens with one attached hydrogen (secondary N) is 1. The lowest BCUT2D eigenvalue weighted by Gasteiger charge is -2.17. The van der Waals surface area contributed by atoms with Gasteiger partial charge in [0.15, 0.2) is 5.69 Å². The second kappa shape index (κ2) is 6.92. The van der Waals surface area contributed by atoms with Crippen LogP contribution in [0.2, 0.25) is 0 Å². The van der Waals surface area contributed by atoms with Crippen LogP contribution in [0.3, 0.4) is 0 Å². The molecule has 1 aliphatic heterocycles. The van der Waals surface area contributed by atoms with Crippen molar-refractivity contribution in [1.82, 2.24) is 20.0 Å². The summed E-state index contributed by atoms with van der Waals surface area (Å²) in [5.41, 5.74) is 2.37. The Kier molecular flexibility index (Phi) is 4.46. The molecule has 3 aromatic rings. The molecule has 1 aromatic carbocycles. The lowest BCUT2D eigenvalue weighted by atomic mass is 10.1. The number of aromatic nitrogens is 2. The molecular weight excluding hydrogens is 348 g/mol. The van der Waals surface area contributed by atoms with Gasteiger partial charge in [0.1, 0.15) is 0 Å². The molecule has 134 valence electrons. The highest BCUT2D eigenvalue weighted by Crippen LogP contribution is 2.21. The van der Waals surface area contributed by atoms with Gasteiger partial charge in [-0.05, 0) is 47.0 Å². The molecule has 0 spiro atoms. The number of benzene rings is 1. The van der Waals surface area contributed by atoms with Crippen molar-refractivity contribution in [3.63, 3.8) is 0 Å². The summed E-state index contributed by atoms with van der Waals surface area (Å²) in [6, 6.07) is 10.1. The first-order chi connectivity index (χ1) is 12.6. The number of nitrogens with zero attached hydrogens (tertiary/aromatic N) is 3. The maximum absolute atomic E-state index is 12.5. The molecule has 0 saturated heterocycles. The number of hydrogen-bond acceptors (Lipinski definition) is 4. The molecule has 1 N–H and O–H groups in total. The molecule has 0 radical (unpaired) electrons. The molecule has 0 atom stereocenters. The highest BCUT2D eigenvalue weighted by atomic mass is 32.1. The summed E-state index contributed by atoms with van der Waals surface area (Å²) in [7, 11) is 0. The van der Waals surface area contributed by atoms with Gasteiger partial charge < -0.3 is 10.2 Å². The molecule has 0 unspecified atom stereocenters. The smallest absolute Gasteiger partial charge is 0.272 e. The average molecular weight is 368 g/mol. The van der Waals surface area contributed by atoms with Crippen LogP contribution in [0.5, 0.6) is 0 Å². The van der Waals surface area contributed by atoms with E-state index in [2.05, 4.69) is 34.0 Å². The maximum atomic E-state index is 12.5. The van der Waals surface area contributed by atoms with Crippen molar-refractivity contribution in [3.8, 4) is 0 Å². The second-order valence-electron chi connectivity index (χ2n) is 6.51. The van der Waals surface area contributed by atoms with E-state index in [-0.39, 0.29) is 11.8 Å². The van der Waals surface area contributed by atoms with Crippen molar-refractivity contribution in [3.05, 3.63) is 52.7 Å². The predicted octanol–water partition coefficient (Wildman–Crippen LogP) is 2.78. The zero-order chi connectivity index (χ0) is 18.1. The Balaban J connectivity index is 1.45. The fourth-order valence-electron chi connectivity index (χ4n) is 3.24. The van der Waals surface area contributed by atoms with Crippen molar-refractivity contribution in [1.29, 1.82) is 0 Å². The number of rotatable bonds is 3. The summed E-state index contributed by atoms with van der Waals surface area (Å²) >= 11 is 1.71. The van der Waals surface area contributed by atoms with Gasteiger partial charge in [0.05, 0.1) is 12.2 Å². The van der Waals surface area contributed by atoms with Gasteiger partial charge in [0, 0.05) is 31.3 Å². The Labute approximate surface area is 155 Å². The molecular formula is C19H20N4O2S. The normalized spacial score (nSPS) is 14.1. The first kappa shape index (κ1) is 16.8. The van der Waals surface area contributed by atoms with Gasteiger partial charge in [-0.3, -0.25) is 14.3 Å². The van der Waals surface area contributed by atoms with Crippen LogP contribution >= 0.6 is 11.3 Å². The van der Waals surface area contributed by atoms with Crippen molar-refractivity contribution in [2.45, 2.75) is 33.0 Å². The highest BCUT2D eigenvalue weighted by molar-refractivity contribution is 7.17. The quantitative estimate of drug-likeness (QED) is 0.773. The van der Waals surface area contributed by atoms with Crippen molar-refractivity contribution in [2.75, 3.05) is 6.54 Å². The number of aryl methyl sites for hydroxylation is 1. The van der Waals surface area contributed by atoms with E-state index in [1.54, 1.807) is 29.2 Å². The molecule has 0 aliphatic carbocycles. The summed E-state index contributed by atoms with van der Waals surface area (Å²) < 4.78 is 3.09. The molecule has 0 saturated carbocycles.